The molecule has 0 spiro atoms. The van der Waals surface area contributed by atoms with E-state index in [1.807, 2.05) is 0 Å². The number of carbonyl (C=O) groups is 1. The fourth-order valence-corrected chi connectivity index (χ4v) is 3.10. The summed E-state index contributed by atoms with van der Waals surface area (Å²) in [5.41, 5.74) is 0.252. The van der Waals surface area contributed by atoms with Gasteiger partial charge in [-0.15, -0.1) is 0 Å². The first kappa shape index (κ1) is 16.4. The van der Waals surface area contributed by atoms with Gasteiger partial charge in [-0.05, 0) is 19.1 Å². The maximum absolute atomic E-state index is 12.3. The van der Waals surface area contributed by atoms with E-state index >= 15 is 0 Å². The Morgan fingerprint density at radius 1 is 1.30 bits per heavy atom. The first-order valence-corrected chi connectivity index (χ1v) is 7.74. The van der Waals surface area contributed by atoms with Gasteiger partial charge < -0.3 is 4.74 Å². The van der Waals surface area contributed by atoms with Gasteiger partial charge in [0, 0.05) is 24.7 Å². The summed E-state index contributed by atoms with van der Waals surface area (Å²) in [7, 11) is -3.56. The standard InChI is InChI=1S/C14H19NO4S/c1-5-15(6-2)20(17,18)13-9-7-8-12(10-13)19-14(16)11(3)4/h7-10H,3,5-6H2,1-2,4H3. The second kappa shape index (κ2) is 6.67. The van der Waals surface area contributed by atoms with Gasteiger partial charge in [0.1, 0.15) is 5.75 Å². The molecule has 20 heavy (non-hydrogen) atoms. The molecule has 0 aliphatic heterocycles. The van der Waals surface area contributed by atoms with E-state index in [9.17, 15) is 13.2 Å². The lowest BCUT2D eigenvalue weighted by atomic mass is 10.3. The van der Waals surface area contributed by atoms with E-state index in [-0.39, 0.29) is 16.2 Å². The molecule has 1 rings (SSSR count). The van der Waals surface area contributed by atoms with Crippen molar-refractivity contribution in [2.75, 3.05) is 13.1 Å². The SMILES string of the molecule is C=C(C)C(=O)Oc1cccc(S(=O)(=O)N(CC)CC)c1. The Morgan fingerprint density at radius 3 is 2.40 bits per heavy atom. The zero-order valence-electron chi connectivity index (χ0n) is 11.9. The van der Waals surface area contributed by atoms with Crippen molar-refractivity contribution in [3.63, 3.8) is 0 Å². The Balaban J connectivity index is 3.10. The Labute approximate surface area is 119 Å². The highest BCUT2D eigenvalue weighted by atomic mass is 32.2. The van der Waals surface area contributed by atoms with Crippen LogP contribution in [0.4, 0.5) is 0 Å². The number of carbonyl (C=O) groups excluding carboxylic acids is 1. The van der Waals surface area contributed by atoms with Gasteiger partial charge in [-0.2, -0.15) is 4.31 Å². The summed E-state index contributed by atoms with van der Waals surface area (Å²) in [6.07, 6.45) is 0. The van der Waals surface area contributed by atoms with E-state index in [0.29, 0.717) is 13.1 Å². The number of esters is 1. The lowest BCUT2D eigenvalue weighted by molar-refractivity contribution is -0.130. The van der Waals surface area contributed by atoms with Gasteiger partial charge in [0.15, 0.2) is 0 Å². The van der Waals surface area contributed by atoms with E-state index < -0.39 is 16.0 Å². The molecule has 0 atom stereocenters. The molecule has 110 valence electrons. The summed E-state index contributed by atoms with van der Waals surface area (Å²) in [5, 5.41) is 0. The quantitative estimate of drug-likeness (QED) is 0.459. The molecule has 6 heteroatoms. The minimum atomic E-state index is -3.56. The van der Waals surface area contributed by atoms with Gasteiger partial charge in [-0.3, -0.25) is 0 Å². The molecule has 1 aromatic carbocycles. The summed E-state index contributed by atoms with van der Waals surface area (Å²) < 4.78 is 31.0. The van der Waals surface area contributed by atoms with Crippen LogP contribution in [0.5, 0.6) is 5.75 Å². The third-order valence-corrected chi connectivity index (χ3v) is 4.75. The molecule has 0 aliphatic rings. The second-order valence-corrected chi connectivity index (χ2v) is 6.17. The highest BCUT2D eigenvalue weighted by Crippen LogP contribution is 2.21. The molecule has 0 heterocycles. The minimum Gasteiger partial charge on any atom is -0.423 e. The Kier molecular flexibility index (Phi) is 5.47. The minimum absolute atomic E-state index is 0.105. The smallest absolute Gasteiger partial charge is 0.338 e. The summed E-state index contributed by atoms with van der Waals surface area (Å²) in [4.78, 5) is 11.5. The highest BCUT2D eigenvalue weighted by molar-refractivity contribution is 7.89. The van der Waals surface area contributed by atoms with E-state index in [1.165, 1.54) is 35.5 Å². The van der Waals surface area contributed by atoms with Crippen LogP contribution in [-0.4, -0.2) is 31.8 Å². The number of rotatable bonds is 6. The summed E-state index contributed by atoms with van der Waals surface area (Å²) >= 11 is 0. The fraction of sp³-hybridized carbons (Fsp3) is 0.357. The van der Waals surface area contributed by atoms with Crippen molar-refractivity contribution in [3.05, 3.63) is 36.4 Å². The molecule has 0 radical (unpaired) electrons. The topological polar surface area (TPSA) is 63.7 Å². The highest BCUT2D eigenvalue weighted by Gasteiger charge is 2.22. The number of hydrogen-bond donors (Lipinski definition) is 0. The molecule has 0 unspecified atom stereocenters. The second-order valence-electron chi connectivity index (χ2n) is 4.23. The van der Waals surface area contributed by atoms with Crippen LogP contribution in [0.15, 0.2) is 41.3 Å². The zero-order chi connectivity index (χ0) is 15.3. The van der Waals surface area contributed by atoms with Crippen molar-refractivity contribution in [2.24, 2.45) is 0 Å². The third kappa shape index (κ3) is 3.68. The maximum atomic E-state index is 12.3. The van der Waals surface area contributed by atoms with Crippen LogP contribution in [0.2, 0.25) is 0 Å². The van der Waals surface area contributed by atoms with Crippen molar-refractivity contribution in [2.45, 2.75) is 25.7 Å². The molecule has 5 nitrogen and oxygen atoms in total. The predicted molar refractivity (Wildman–Crippen MR) is 77.0 cm³/mol. The van der Waals surface area contributed by atoms with Crippen LogP contribution in [-0.2, 0) is 14.8 Å². The van der Waals surface area contributed by atoms with Crippen molar-refractivity contribution in [3.8, 4) is 5.75 Å². The first-order chi connectivity index (χ1) is 9.32. The van der Waals surface area contributed by atoms with Crippen molar-refractivity contribution < 1.29 is 17.9 Å². The molecule has 0 fully saturated rings. The van der Waals surface area contributed by atoms with Crippen molar-refractivity contribution in [1.82, 2.24) is 4.31 Å². The summed E-state index contributed by atoms with van der Waals surface area (Å²) in [6.45, 7) is 9.31. The lowest BCUT2D eigenvalue weighted by Gasteiger charge is -2.18. The number of hydrogen-bond acceptors (Lipinski definition) is 4. The number of nitrogens with zero attached hydrogens (tertiary/aromatic N) is 1. The summed E-state index contributed by atoms with van der Waals surface area (Å²) in [5.74, 6) is -0.395. The van der Waals surface area contributed by atoms with Crippen molar-refractivity contribution >= 4 is 16.0 Å². The van der Waals surface area contributed by atoms with Crippen LogP contribution < -0.4 is 4.74 Å². The molecule has 0 aliphatic carbocycles. The van der Waals surface area contributed by atoms with Crippen LogP contribution in [0.3, 0.4) is 0 Å². The predicted octanol–water partition coefficient (Wildman–Crippen LogP) is 2.20. The molecule has 1 aromatic rings. The van der Waals surface area contributed by atoms with E-state index in [0.717, 1.165) is 0 Å². The lowest BCUT2D eigenvalue weighted by Crippen LogP contribution is -2.30. The maximum Gasteiger partial charge on any atom is 0.338 e. The first-order valence-electron chi connectivity index (χ1n) is 6.30. The number of ether oxygens (including phenoxy) is 1. The van der Waals surface area contributed by atoms with Gasteiger partial charge in [0.2, 0.25) is 10.0 Å². The van der Waals surface area contributed by atoms with Crippen LogP contribution >= 0.6 is 0 Å². The van der Waals surface area contributed by atoms with Gasteiger partial charge in [-0.25, -0.2) is 13.2 Å². The van der Waals surface area contributed by atoms with Crippen LogP contribution in [0.25, 0.3) is 0 Å². The van der Waals surface area contributed by atoms with Crippen molar-refractivity contribution in [1.29, 1.82) is 0 Å². The Bertz CT molecular complexity index is 603. The molecule has 0 bridgehead atoms. The Hall–Kier alpha value is -1.66. The molecular formula is C14H19NO4S. The molecule has 0 aromatic heterocycles. The molecule has 0 saturated heterocycles. The normalized spacial score (nSPS) is 11.4. The summed E-state index contributed by atoms with van der Waals surface area (Å²) in [6, 6.07) is 5.89. The molecular weight excluding hydrogens is 278 g/mol. The van der Waals surface area contributed by atoms with E-state index in [4.69, 9.17) is 4.74 Å². The largest absolute Gasteiger partial charge is 0.423 e. The van der Waals surface area contributed by atoms with Gasteiger partial charge in [-0.1, -0.05) is 26.5 Å². The van der Waals surface area contributed by atoms with Gasteiger partial charge in [0.25, 0.3) is 0 Å². The van der Waals surface area contributed by atoms with Crippen LogP contribution in [0, 0.1) is 0 Å². The number of sulfonamides is 1. The third-order valence-electron chi connectivity index (χ3n) is 2.71. The molecule has 0 saturated carbocycles. The van der Waals surface area contributed by atoms with E-state index in [1.54, 1.807) is 13.8 Å². The zero-order valence-corrected chi connectivity index (χ0v) is 12.7. The van der Waals surface area contributed by atoms with Gasteiger partial charge >= 0.3 is 5.97 Å². The van der Waals surface area contributed by atoms with Crippen LogP contribution in [0.1, 0.15) is 20.8 Å². The number of benzene rings is 1. The molecule has 0 N–H and O–H groups in total. The Morgan fingerprint density at radius 2 is 1.90 bits per heavy atom. The molecule has 0 amide bonds. The average Bonchev–Trinajstić information content (AvgIpc) is 2.40. The monoisotopic (exact) mass is 297 g/mol. The van der Waals surface area contributed by atoms with E-state index in [2.05, 4.69) is 6.58 Å². The van der Waals surface area contributed by atoms with Gasteiger partial charge in [0.05, 0.1) is 4.90 Å². The fourth-order valence-electron chi connectivity index (χ4n) is 1.60. The average molecular weight is 297 g/mol.